The molecule has 106 valence electrons. The standard InChI is InChI=1S/C12H24N2O4/c1-17-8-9-18-7-6-13-10-2-4-11(5-3-10)14-12(15)16/h10-11,13-14H,2-9H2,1H3,(H,15,16)/t10-,11-. The quantitative estimate of drug-likeness (QED) is 0.563. The molecule has 0 saturated heterocycles. The first kappa shape index (κ1) is 15.2. The highest BCUT2D eigenvalue weighted by Gasteiger charge is 2.21. The maximum absolute atomic E-state index is 10.5. The smallest absolute Gasteiger partial charge is 0.404 e. The van der Waals surface area contributed by atoms with E-state index in [1.165, 1.54) is 0 Å². The maximum atomic E-state index is 10.5. The van der Waals surface area contributed by atoms with E-state index in [1.807, 2.05) is 0 Å². The molecule has 6 nitrogen and oxygen atoms in total. The molecule has 0 aliphatic heterocycles. The minimum absolute atomic E-state index is 0.124. The highest BCUT2D eigenvalue weighted by molar-refractivity contribution is 5.64. The van der Waals surface area contributed by atoms with Crippen molar-refractivity contribution in [1.29, 1.82) is 0 Å². The molecule has 0 aromatic heterocycles. The molecule has 0 heterocycles. The zero-order valence-corrected chi connectivity index (χ0v) is 11.0. The average molecular weight is 260 g/mol. The van der Waals surface area contributed by atoms with E-state index in [2.05, 4.69) is 10.6 Å². The molecule has 1 rings (SSSR count). The maximum Gasteiger partial charge on any atom is 0.404 e. The van der Waals surface area contributed by atoms with Crippen molar-refractivity contribution in [2.24, 2.45) is 0 Å². The van der Waals surface area contributed by atoms with E-state index in [0.29, 0.717) is 25.9 Å². The fourth-order valence-electron chi connectivity index (χ4n) is 2.20. The van der Waals surface area contributed by atoms with Crippen molar-refractivity contribution < 1.29 is 19.4 Å². The van der Waals surface area contributed by atoms with Gasteiger partial charge in [-0.15, -0.1) is 0 Å². The molecule has 18 heavy (non-hydrogen) atoms. The second-order valence-electron chi connectivity index (χ2n) is 4.56. The van der Waals surface area contributed by atoms with Crippen LogP contribution in [-0.4, -0.2) is 56.8 Å². The fourth-order valence-corrected chi connectivity index (χ4v) is 2.20. The van der Waals surface area contributed by atoms with Gasteiger partial charge in [0.2, 0.25) is 0 Å². The second-order valence-corrected chi connectivity index (χ2v) is 4.56. The summed E-state index contributed by atoms with van der Waals surface area (Å²) in [6.07, 6.45) is 2.94. The summed E-state index contributed by atoms with van der Waals surface area (Å²) in [5.41, 5.74) is 0. The van der Waals surface area contributed by atoms with Gasteiger partial charge in [0.15, 0.2) is 0 Å². The Morgan fingerprint density at radius 3 is 2.44 bits per heavy atom. The van der Waals surface area contributed by atoms with Crippen molar-refractivity contribution in [3.05, 3.63) is 0 Å². The van der Waals surface area contributed by atoms with Gasteiger partial charge in [-0.2, -0.15) is 0 Å². The molecule has 0 spiro atoms. The van der Waals surface area contributed by atoms with Gasteiger partial charge in [-0.25, -0.2) is 4.79 Å². The number of ether oxygens (including phenoxy) is 2. The molecule has 0 atom stereocenters. The number of carbonyl (C=O) groups is 1. The Morgan fingerprint density at radius 1 is 1.17 bits per heavy atom. The normalized spacial score (nSPS) is 23.8. The minimum Gasteiger partial charge on any atom is -0.465 e. The van der Waals surface area contributed by atoms with Gasteiger partial charge in [-0.3, -0.25) is 0 Å². The van der Waals surface area contributed by atoms with Crippen molar-refractivity contribution in [2.75, 3.05) is 33.5 Å². The SMILES string of the molecule is COCCOCCN[C@H]1CC[C@H](NC(=O)O)CC1. The monoisotopic (exact) mass is 260 g/mol. The molecule has 1 fully saturated rings. The lowest BCUT2D eigenvalue weighted by atomic mass is 9.91. The third-order valence-electron chi connectivity index (χ3n) is 3.17. The third kappa shape index (κ3) is 6.78. The molecule has 0 unspecified atom stereocenters. The predicted octanol–water partition coefficient (Wildman–Crippen LogP) is 0.818. The van der Waals surface area contributed by atoms with Crippen LogP contribution < -0.4 is 10.6 Å². The Hall–Kier alpha value is -0.850. The van der Waals surface area contributed by atoms with Gasteiger partial charge in [0.1, 0.15) is 0 Å². The highest BCUT2D eigenvalue weighted by Crippen LogP contribution is 2.18. The summed E-state index contributed by atoms with van der Waals surface area (Å²) in [5, 5.41) is 14.6. The molecular weight excluding hydrogens is 236 g/mol. The summed E-state index contributed by atoms with van der Waals surface area (Å²) >= 11 is 0. The highest BCUT2D eigenvalue weighted by atomic mass is 16.5. The second kappa shape index (κ2) is 9.13. The Labute approximate surface area is 108 Å². The summed E-state index contributed by atoms with van der Waals surface area (Å²) in [5.74, 6) is 0. The molecule has 6 heteroatoms. The Bertz CT molecular complexity index is 230. The zero-order valence-electron chi connectivity index (χ0n) is 11.0. The summed E-state index contributed by atoms with van der Waals surface area (Å²) in [6.45, 7) is 2.79. The molecule has 1 aliphatic carbocycles. The van der Waals surface area contributed by atoms with E-state index >= 15 is 0 Å². The zero-order chi connectivity index (χ0) is 13.2. The molecule has 0 radical (unpaired) electrons. The van der Waals surface area contributed by atoms with Gasteiger partial charge in [-0.05, 0) is 25.7 Å². The number of hydrogen-bond acceptors (Lipinski definition) is 4. The minimum atomic E-state index is -0.919. The summed E-state index contributed by atoms with van der Waals surface area (Å²) in [6, 6.07) is 0.612. The number of methoxy groups -OCH3 is 1. The lowest BCUT2D eigenvalue weighted by molar-refractivity contribution is 0.0703. The van der Waals surface area contributed by atoms with Gasteiger partial charge >= 0.3 is 6.09 Å². The largest absolute Gasteiger partial charge is 0.465 e. The van der Waals surface area contributed by atoms with Crippen LogP contribution in [0.3, 0.4) is 0 Å². The van der Waals surface area contributed by atoms with Gasteiger partial charge < -0.3 is 25.2 Å². The summed E-state index contributed by atoms with van der Waals surface area (Å²) in [4.78, 5) is 10.5. The molecule has 1 saturated carbocycles. The van der Waals surface area contributed by atoms with E-state index in [4.69, 9.17) is 14.6 Å². The van der Waals surface area contributed by atoms with Crippen LogP contribution in [0.4, 0.5) is 4.79 Å². The number of nitrogens with one attached hydrogen (secondary N) is 2. The molecular formula is C12H24N2O4. The van der Waals surface area contributed by atoms with E-state index in [9.17, 15) is 4.79 Å². The molecule has 1 aliphatic rings. The molecule has 0 bridgehead atoms. The summed E-state index contributed by atoms with van der Waals surface area (Å²) in [7, 11) is 1.66. The third-order valence-corrected chi connectivity index (χ3v) is 3.17. The van der Waals surface area contributed by atoms with Gasteiger partial charge in [0.25, 0.3) is 0 Å². The van der Waals surface area contributed by atoms with Crippen LogP contribution in [0.15, 0.2) is 0 Å². The number of hydrogen-bond donors (Lipinski definition) is 3. The molecule has 3 N–H and O–H groups in total. The first-order valence-electron chi connectivity index (χ1n) is 6.52. The number of carboxylic acid groups (broad SMARTS) is 1. The lowest BCUT2D eigenvalue weighted by Gasteiger charge is -2.29. The Morgan fingerprint density at radius 2 is 1.83 bits per heavy atom. The van der Waals surface area contributed by atoms with E-state index in [0.717, 1.165) is 32.2 Å². The Kier molecular flexibility index (Phi) is 7.71. The summed E-state index contributed by atoms with van der Waals surface area (Å²) < 4.78 is 10.2. The molecule has 1 amide bonds. The lowest BCUT2D eigenvalue weighted by Crippen LogP contribution is -2.42. The van der Waals surface area contributed by atoms with E-state index < -0.39 is 6.09 Å². The van der Waals surface area contributed by atoms with Crippen molar-refractivity contribution in [2.45, 2.75) is 37.8 Å². The van der Waals surface area contributed by atoms with E-state index in [-0.39, 0.29) is 6.04 Å². The van der Waals surface area contributed by atoms with Crippen molar-refractivity contribution in [1.82, 2.24) is 10.6 Å². The van der Waals surface area contributed by atoms with Crippen LogP contribution in [0.1, 0.15) is 25.7 Å². The predicted molar refractivity (Wildman–Crippen MR) is 67.9 cm³/mol. The van der Waals surface area contributed by atoms with Crippen LogP contribution in [-0.2, 0) is 9.47 Å². The van der Waals surface area contributed by atoms with Gasteiger partial charge in [0, 0.05) is 25.7 Å². The van der Waals surface area contributed by atoms with E-state index in [1.54, 1.807) is 7.11 Å². The fraction of sp³-hybridized carbons (Fsp3) is 0.917. The van der Waals surface area contributed by atoms with Crippen LogP contribution in [0, 0.1) is 0 Å². The molecule has 0 aromatic carbocycles. The average Bonchev–Trinajstić information content (AvgIpc) is 2.35. The van der Waals surface area contributed by atoms with Crippen molar-refractivity contribution in [3.8, 4) is 0 Å². The molecule has 0 aromatic rings. The van der Waals surface area contributed by atoms with Gasteiger partial charge in [0.05, 0.1) is 19.8 Å². The number of amides is 1. The van der Waals surface area contributed by atoms with Crippen LogP contribution >= 0.6 is 0 Å². The number of rotatable bonds is 8. The van der Waals surface area contributed by atoms with Crippen molar-refractivity contribution in [3.63, 3.8) is 0 Å². The van der Waals surface area contributed by atoms with Crippen LogP contribution in [0.5, 0.6) is 0 Å². The van der Waals surface area contributed by atoms with Gasteiger partial charge in [-0.1, -0.05) is 0 Å². The van der Waals surface area contributed by atoms with Crippen LogP contribution in [0.2, 0.25) is 0 Å². The first-order valence-corrected chi connectivity index (χ1v) is 6.52. The Balaban J connectivity index is 1.97. The topological polar surface area (TPSA) is 79.8 Å². The first-order chi connectivity index (χ1) is 8.72. The van der Waals surface area contributed by atoms with Crippen molar-refractivity contribution >= 4 is 6.09 Å². The van der Waals surface area contributed by atoms with Crippen LogP contribution in [0.25, 0.3) is 0 Å².